The molecule has 20 heavy (non-hydrogen) atoms. The Morgan fingerprint density at radius 2 is 2.05 bits per heavy atom. The first kappa shape index (κ1) is 16.3. The molecule has 1 amide bonds. The van der Waals surface area contributed by atoms with Crippen LogP contribution in [0.4, 0.5) is 0 Å². The van der Waals surface area contributed by atoms with Crippen LogP contribution in [0.3, 0.4) is 0 Å². The fraction of sp³-hybridized carbons (Fsp3) is 0.533. The Kier molecular flexibility index (Phi) is 7.50. The zero-order valence-electron chi connectivity index (χ0n) is 12.3. The van der Waals surface area contributed by atoms with Gasteiger partial charge in [0.25, 0.3) is 5.91 Å². The molecule has 1 aromatic rings. The number of rotatable bonds is 9. The van der Waals surface area contributed by atoms with Crippen LogP contribution in [-0.2, 0) is 11.2 Å². The van der Waals surface area contributed by atoms with E-state index in [-0.39, 0.29) is 12.5 Å². The summed E-state index contributed by atoms with van der Waals surface area (Å²) in [6.07, 6.45) is 1.70. The molecular weight excluding hydrogens is 256 g/mol. The Labute approximate surface area is 120 Å². The maximum atomic E-state index is 11.5. The van der Waals surface area contributed by atoms with Crippen LogP contribution in [-0.4, -0.2) is 32.2 Å². The van der Waals surface area contributed by atoms with E-state index in [4.69, 9.17) is 15.2 Å². The predicted octanol–water partition coefficient (Wildman–Crippen LogP) is 1.49. The van der Waals surface area contributed by atoms with Crippen molar-refractivity contribution in [2.24, 2.45) is 5.73 Å². The minimum Gasteiger partial charge on any atom is -0.490 e. The van der Waals surface area contributed by atoms with Crippen molar-refractivity contribution < 1.29 is 14.3 Å². The number of hydrogen-bond acceptors (Lipinski definition) is 4. The van der Waals surface area contributed by atoms with E-state index >= 15 is 0 Å². The van der Waals surface area contributed by atoms with Gasteiger partial charge in [0.05, 0.1) is 6.61 Å². The molecule has 0 saturated carbocycles. The van der Waals surface area contributed by atoms with Gasteiger partial charge in [0, 0.05) is 6.54 Å². The lowest BCUT2D eigenvalue weighted by atomic mass is 10.1. The second-order valence-electron chi connectivity index (χ2n) is 4.39. The monoisotopic (exact) mass is 280 g/mol. The van der Waals surface area contributed by atoms with Gasteiger partial charge >= 0.3 is 0 Å². The van der Waals surface area contributed by atoms with E-state index in [1.807, 2.05) is 32.0 Å². The van der Waals surface area contributed by atoms with E-state index in [9.17, 15) is 4.79 Å². The molecule has 0 aliphatic heterocycles. The van der Waals surface area contributed by atoms with Crippen LogP contribution in [0.15, 0.2) is 18.2 Å². The van der Waals surface area contributed by atoms with Gasteiger partial charge in [-0.25, -0.2) is 0 Å². The SMILES string of the molecule is CCCNC(=O)COc1ccc(CCN)cc1OCC. The number of ether oxygens (including phenoxy) is 2. The van der Waals surface area contributed by atoms with Gasteiger partial charge < -0.3 is 20.5 Å². The zero-order chi connectivity index (χ0) is 14.8. The van der Waals surface area contributed by atoms with Crippen molar-refractivity contribution in [3.05, 3.63) is 23.8 Å². The lowest BCUT2D eigenvalue weighted by Crippen LogP contribution is -2.29. The number of benzene rings is 1. The van der Waals surface area contributed by atoms with Crippen molar-refractivity contribution in [2.75, 3.05) is 26.3 Å². The Morgan fingerprint density at radius 3 is 2.70 bits per heavy atom. The van der Waals surface area contributed by atoms with Crippen molar-refractivity contribution in [3.8, 4) is 11.5 Å². The number of amides is 1. The lowest BCUT2D eigenvalue weighted by Gasteiger charge is -2.13. The van der Waals surface area contributed by atoms with Crippen LogP contribution >= 0.6 is 0 Å². The molecule has 0 saturated heterocycles. The molecule has 112 valence electrons. The van der Waals surface area contributed by atoms with E-state index in [0.29, 0.717) is 31.2 Å². The summed E-state index contributed by atoms with van der Waals surface area (Å²) >= 11 is 0. The molecule has 1 rings (SSSR count). The Morgan fingerprint density at radius 1 is 1.25 bits per heavy atom. The van der Waals surface area contributed by atoms with Crippen LogP contribution in [0.5, 0.6) is 11.5 Å². The maximum Gasteiger partial charge on any atom is 0.257 e. The highest BCUT2D eigenvalue weighted by Crippen LogP contribution is 2.28. The largest absolute Gasteiger partial charge is 0.490 e. The summed E-state index contributed by atoms with van der Waals surface area (Å²) in [6, 6.07) is 5.67. The average molecular weight is 280 g/mol. The molecular formula is C15H24N2O3. The highest BCUT2D eigenvalue weighted by Gasteiger charge is 2.08. The molecule has 0 heterocycles. The molecule has 0 fully saturated rings. The summed E-state index contributed by atoms with van der Waals surface area (Å²) in [5, 5.41) is 2.76. The number of nitrogens with one attached hydrogen (secondary N) is 1. The van der Waals surface area contributed by atoms with Gasteiger partial charge in [-0.15, -0.1) is 0 Å². The Balaban J connectivity index is 2.65. The highest BCUT2D eigenvalue weighted by atomic mass is 16.5. The van der Waals surface area contributed by atoms with E-state index < -0.39 is 0 Å². The summed E-state index contributed by atoms with van der Waals surface area (Å²) in [5.74, 6) is 1.11. The third-order valence-corrected chi connectivity index (χ3v) is 2.67. The van der Waals surface area contributed by atoms with E-state index in [1.165, 1.54) is 0 Å². The molecule has 0 aliphatic rings. The summed E-state index contributed by atoms with van der Waals surface area (Å²) < 4.78 is 11.1. The molecule has 0 unspecified atom stereocenters. The van der Waals surface area contributed by atoms with E-state index in [1.54, 1.807) is 0 Å². The van der Waals surface area contributed by atoms with Gasteiger partial charge in [0.15, 0.2) is 18.1 Å². The van der Waals surface area contributed by atoms with Crippen LogP contribution in [0.1, 0.15) is 25.8 Å². The quantitative estimate of drug-likeness (QED) is 0.719. The molecule has 3 N–H and O–H groups in total. The molecule has 0 atom stereocenters. The third kappa shape index (κ3) is 5.48. The first-order valence-corrected chi connectivity index (χ1v) is 7.06. The van der Waals surface area contributed by atoms with E-state index in [0.717, 1.165) is 18.4 Å². The summed E-state index contributed by atoms with van der Waals surface area (Å²) in [6.45, 7) is 5.71. The van der Waals surface area contributed by atoms with Gasteiger partial charge in [0.2, 0.25) is 0 Å². The lowest BCUT2D eigenvalue weighted by molar-refractivity contribution is -0.123. The van der Waals surface area contributed by atoms with Gasteiger partial charge in [-0.05, 0) is 44.0 Å². The smallest absolute Gasteiger partial charge is 0.257 e. The van der Waals surface area contributed by atoms with Crippen LogP contribution in [0, 0.1) is 0 Å². The highest BCUT2D eigenvalue weighted by molar-refractivity contribution is 5.77. The zero-order valence-corrected chi connectivity index (χ0v) is 12.3. The number of nitrogens with two attached hydrogens (primary N) is 1. The fourth-order valence-electron chi connectivity index (χ4n) is 1.72. The molecule has 0 aliphatic carbocycles. The second-order valence-corrected chi connectivity index (χ2v) is 4.39. The first-order chi connectivity index (χ1) is 9.71. The van der Waals surface area contributed by atoms with Crippen molar-refractivity contribution in [3.63, 3.8) is 0 Å². The second kappa shape index (κ2) is 9.20. The topological polar surface area (TPSA) is 73.6 Å². The van der Waals surface area contributed by atoms with Crippen LogP contribution < -0.4 is 20.5 Å². The Bertz CT molecular complexity index is 422. The number of carbonyl (C=O) groups excluding carboxylic acids is 1. The fourth-order valence-corrected chi connectivity index (χ4v) is 1.72. The van der Waals surface area contributed by atoms with Crippen molar-refractivity contribution in [1.82, 2.24) is 5.32 Å². The van der Waals surface area contributed by atoms with Gasteiger partial charge in [-0.3, -0.25) is 4.79 Å². The van der Waals surface area contributed by atoms with Gasteiger partial charge in [-0.2, -0.15) is 0 Å². The van der Waals surface area contributed by atoms with Crippen molar-refractivity contribution in [1.29, 1.82) is 0 Å². The summed E-state index contributed by atoms with van der Waals surface area (Å²) in [4.78, 5) is 11.5. The standard InChI is InChI=1S/C15H24N2O3/c1-3-9-17-15(18)11-20-13-6-5-12(7-8-16)10-14(13)19-4-2/h5-6,10H,3-4,7-9,11,16H2,1-2H3,(H,17,18). The maximum absolute atomic E-state index is 11.5. The molecule has 0 bridgehead atoms. The molecule has 5 nitrogen and oxygen atoms in total. The summed E-state index contributed by atoms with van der Waals surface area (Å²) in [7, 11) is 0. The molecule has 5 heteroatoms. The van der Waals surface area contributed by atoms with Gasteiger partial charge in [0.1, 0.15) is 0 Å². The van der Waals surface area contributed by atoms with E-state index in [2.05, 4.69) is 5.32 Å². The first-order valence-electron chi connectivity index (χ1n) is 7.06. The van der Waals surface area contributed by atoms with Gasteiger partial charge in [-0.1, -0.05) is 13.0 Å². The minimum absolute atomic E-state index is 0.00366. The summed E-state index contributed by atoms with van der Waals surface area (Å²) in [5.41, 5.74) is 6.64. The number of hydrogen-bond donors (Lipinski definition) is 2. The molecule has 0 radical (unpaired) electrons. The molecule has 0 spiro atoms. The van der Waals surface area contributed by atoms with Crippen LogP contribution in [0.25, 0.3) is 0 Å². The van der Waals surface area contributed by atoms with Crippen molar-refractivity contribution in [2.45, 2.75) is 26.7 Å². The van der Waals surface area contributed by atoms with Crippen LogP contribution in [0.2, 0.25) is 0 Å². The predicted molar refractivity (Wildman–Crippen MR) is 79.2 cm³/mol. The molecule has 0 aromatic heterocycles. The Hall–Kier alpha value is -1.75. The normalized spacial score (nSPS) is 10.2. The average Bonchev–Trinajstić information content (AvgIpc) is 2.45. The number of carbonyl (C=O) groups is 1. The third-order valence-electron chi connectivity index (χ3n) is 2.67. The van der Waals surface area contributed by atoms with Crippen molar-refractivity contribution >= 4 is 5.91 Å². The molecule has 1 aromatic carbocycles. The minimum atomic E-state index is -0.125.